The summed E-state index contributed by atoms with van der Waals surface area (Å²) in [5, 5.41) is 17.5. The predicted octanol–water partition coefficient (Wildman–Crippen LogP) is 2.95. The van der Waals surface area contributed by atoms with Gasteiger partial charge in [-0.05, 0) is 51.5 Å². The maximum Gasteiger partial charge on any atom is 0.325 e. The third-order valence-electron chi connectivity index (χ3n) is 5.81. The van der Waals surface area contributed by atoms with Gasteiger partial charge < -0.3 is 9.84 Å². The van der Waals surface area contributed by atoms with Crippen LogP contribution in [0, 0.1) is 30.9 Å². The fraction of sp³-hybridized carbons (Fsp3) is 0.273. The van der Waals surface area contributed by atoms with Crippen molar-refractivity contribution in [3.05, 3.63) is 74.8 Å². The predicted molar refractivity (Wildman–Crippen MR) is 115 cm³/mol. The van der Waals surface area contributed by atoms with Gasteiger partial charge in [-0.3, -0.25) is 29.2 Å². The molecular weight excluding hydrogens is 430 g/mol. The highest BCUT2D eigenvalue weighted by molar-refractivity contribution is 6.11. The van der Waals surface area contributed by atoms with Crippen LogP contribution in [0.1, 0.15) is 40.0 Å². The summed E-state index contributed by atoms with van der Waals surface area (Å²) in [6, 6.07) is 8.04. The number of aryl methyl sites for hydroxylation is 2. The minimum absolute atomic E-state index is 0.135. The Morgan fingerprint density at radius 2 is 1.85 bits per heavy atom. The van der Waals surface area contributed by atoms with Crippen molar-refractivity contribution in [3.63, 3.8) is 0 Å². The molecule has 1 fully saturated rings. The van der Waals surface area contributed by atoms with Crippen molar-refractivity contribution in [1.82, 2.24) is 19.9 Å². The van der Waals surface area contributed by atoms with Crippen LogP contribution in [0.4, 0.5) is 10.5 Å². The number of urea groups is 1. The Bertz CT molecular complexity index is 1310. The van der Waals surface area contributed by atoms with Gasteiger partial charge in [0.25, 0.3) is 11.6 Å². The molecule has 1 N–H and O–H groups in total. The molecular formula is C22H21N5O6. The molecule has 1 aliphatic rings. The van der Waals surface area contributed by atoms with Crippen LogP contribution in [-0.4, -0.2) is 43.8 Å². The number of Topliss-reactive ketones (excluding diaryl/α,β-unsaturated/α-hetero) is 1. The summed E-state index contributed by atoms with van der Waals surface area (Å²) in [6.45, 7) is 6.37. The first-order valence-corrected chi connectivity index (χ1v) is 10.1. The topological polar surface area (TPSA) is 141 Å². The lowest BCUT2D eigenvalue weighted by Gasteiger charge is -2.22. The summed E-state index contributed by atoms with van der Waals surface area (Å²) in [5.74, 6) is 0.124. The molecule has 3 amide bonds. The van der Waals surface area contributed by atoms with Gasteiger partial charge in [0, 0.05) is 35.2 Å². The summed E-state index contributed by atoms with van der Waals surface area (Å²) < 4.78 is 6.88. The number of carbonyl (C=O) groups excluding carboxylic acids is 3. The second-order valence-corrected chi connectivity index (χ2v) is 8.09. The van der Waals surface area contributed by atoms with Crippen LogP contribution >= 0.6 is 0 Å². The standard InChI is InChI=1S/C22H21N5O6/c1-12-9-17(14(3)26(12)19-10-13(2)33-24-19)18(28)11-25-20(29)22(4,23-21(25)30)15-5-7-16(8-6-15)27(31)32/h5-10H,11H2,1-4H3,(H,23,30). The van der Waals surface area contributed by atoms with E-state index in [1.54, 1.807) is 30.5 Å². The Balaban J connectivity index is 1.58. The van der Waals surface area contributed by atoms with E-state index >= 15 is 0 Å². The number of amides is 3. The first-order valence-electron chi connectivity index (χ1n) is 10.1. The zero-order valence-corrected chi connectivity index (χ0v) is 18.4. The molecule has 11 heteroatoms. The Morgan fingerprint density at radius 3 is 2.42 bits per heavy atom. The molecule has 2 aromatic heterocycles. The van der Waals surface area contributed by atoms with E-state index in [0.29, 0.717) is 28.4 Å². The van der Waals surface area contributed by atoms with Gasteiger partial charge in [0.15, 0.2) is 11.6 Å². The largest absolute Gasteiger partial charge is 0.360 e. The average Bonchev–Trinajstić information content (AvgIpc) is 3.38. The molecule has 33 heavy (non-hydrogen) atoms. The molecule has 170 valence electrons. The normalized spacial score (nSPS) is 18.0. The maximum absolute atomic E-state index is 13.1. The lowest BCUT2D eigenvalue weighted by Crippen LogP contribution is -2.41. The van der Waals surface area contributed by atoms with E-state index in [-0.39, 0.29) is 5.69 Å². The monoisotopic (exact) mass is 451 g/mol. The van der Waals surface area contributed by atoms with Gasteiger partial charge in [0.1, 0.15) is 11.3 Å². The number of aromatic nitrogens is 2. The number of hydrogen-bond donors (Lipinski definition) is 1. The summed E-state index contributed by atoms with van der Waals surface area (Å²) in [5.41, 5.74) is 0.511. The molecule has 0 bridgehead atoms. The van der Waals surface area contributed by atoms with E-state index in [4.69, 9.17) is 4.52 Å². The molecule has 1 saturated heterocycles. The number of hydrogen-bond acceptors (Lipinski definition) is 7. The van der Waals surface area contributed by atoms with Gasteiger partial charge in [-0.15, -0.1) is 0 Å². The molecule has 1 aromatic carbocycles. The number of nitro groups is 1. The number of nitro benzene ring substituents is 1. The summed E-state index contributed by atoms with van der Waals surface area (Å²) >= 11 is 0. The SMILES string of the molecule is Cc1cc(-n2c(C)cc(C(=O)CN3C(=O)NC(C)(c4ccc([N+](=O)[O-])cc4)C3=O)c2C)no1. The van der Waals surface area contributed by atoms with Crippen LogP contribution in [0.25, 0.3) is 5.82 Å². The zero-order valence-electron chi connectivity index (χ0n) is 18.4. The van der Waals surface area contributed by atoms with E-state index in [1.807, 2.05) is 6.92 Å². The van der Waals surface area contributed by atoms with Crippen molar-refractivity contribution in [1.29, 1.82) is 0 Å². The molecule has 0 spiro atoms. The Hall–Kier alpha value is -4.28. The molecule has 1 atom stereocenters. The lowest BCUT2D eigenvalue weighted by molar-refractivity contribution is -0.384. The van der Waals surface area contributed by atoms with E-state index in [2.05, 4.69) is 10.5 Å². The average molecular weight is 451 g/mol. The zero-order chi connectivity index (χ0) is 24.1. The number of carbonyl (C=O) groups is 3. The number of nitrogens with one attached hydrogen (secondary N) is 1. The fourth-order valence-corrected chi connectivity index (χ4v) is 4.04. The molecule has 0 radical (unpaired) electrons. The van der Waals surface area contributed by atoms with Gasteiger partial charge in [0.05, 0.1) is 11.5 Å². The third kappa shape index (κ3) is 3.56. The van der Waals surface area contributed by atoms with Crippen molar-refractivity contribution in [2.75, 3.05) is 6.54 Å². The van der Waals surface area contributed by atoms with Crippen LogP contribution in [0.3, 0.4) is 0 Å². The van der Waals surface area contributed by atoms with Crippen molar-refractivity contribution < 1.29 is 23.8 Å². The second kappa shape index (κ2) is 7.69. The van der Waals surface area contributed by atoms with Crippen LogP contribution in [0.2, 0.25) is 0 Å². The van der Waals surface area contributed by atoms with Crippen LogP contribution in [0.5, 0.6) is 0 Å². The van der Waals surface area contributed by atoms with E-state index in [0.717, 1.165) is 10.6 Å². The van der Waals surface area contributed by atoms with Crippen LogP contribution in [-0.2, 0) is 10.3 Å². The summed E-state index contributed by atoms with van der Waals surface area (Å²) in [7, 11) is 0. The first-order chi connectivity index (χ1) is 15.5. The Kier molecular flexibility index (Phi) is 5.11. The molecule has 3 aromatic rings. The molecule has 0 saturated carbocycles. The van der Waals surface area contributed by atoms with Crippen LogP contribution in [0.15, 0.2) is 40.9 Å². The van der Waals surface area contributed by atoms with Crippen LogP contribution < -0.4 is 5.32 Å². The number of rotatable bonds is 6. The number of imide groups is 1. The summed E-state index contributed by atoms with van der Waals surface area (Å²) in [4.78, 5) is 50.0. The van der Waals surface area contributed by atoms with E-state index < -0.39 is 34.7 Å². The molecule has 4 rings (SSSR count). The van der Waals surface area contributed by atoms with E-state index in [1.165, 1.54) is 31.2 Å². The molecule has 1 unspecified atom stereocenters. The highest BCUT2D eigenvalue weighted by Gasteiger charge is 2.49. The van der Waals surface area contributed by atoms with Gasteiger partial charge in [-0.1, -0.05) is 5.16 Å². The maximum atomic E-state index is 13.1. The number of nitrogens with zero attached hydrogens (tertiary/aromatic N) is 4. The Morgan fingerprint density at radius 1 is 1.18 bits per heavy atom. The molecule has 11 nitrogen and oxygen atoms in total. The van der Waals surface area contributed by atoms with Crippen molar-refractivity contribution in [2.24, 2.45) is 0 Å². The highest BCUT2D eigenvalue weighted by Crippen LogP contribution is 2.30. The van der Waals surface area contributed by atoms with Gasteiger partial charge in [0.2, 0.25) is 0 Å². The van der Waals surface area contributed by atoms with Crippen molar-refractivity contribution in [3.8, 4) is 5.82 Å². The smallest absolute Gasteiger partial charge is 0.325 e. The number of ketones is 1. The van der Waals surface area contributed by atoms with Crippen molar-refractivity contribution >= 4 is 23.4 Å². The highest BCUT2D eigenvalue weighted by atomic mass is 16.6. The minimum Gasteiger partial charge on any atom is -0.360 e. The lowest BCUT2D eigenvalue weighted by atomic mass is 9.92. The number of non-ortho nitro benzene ring substituents is 1. The van der Waals surface area contributed by atoms with Crippen molar-refractivity contribution in [2.45, 2.75) is 33.2 Å². The quantitative estimate of drug-likeness (QED) is 0.263. The molecule has 3 heterocycles. The Labute approximate surface area is 188 Å². The number of benzene rings is 1. The van der Waals surface area contributed by atoms with E-state index in [9.17, 15) is 24.5 Å². The van der Waals surface area contributed by atoms with Gasteiger partial charge in [-0.2, -0.15) is 0 Å². The minimum atomic E-state index is -1.44. The molecule has 0 aliphatic carbocycles. The fourth-order valence-electron chi connectivity index (χ4n) is 4.04. The molecule has 1 aliphatic heterocycles. The third-order valence-corrected chi connectivity index (χ3v) is 5.81. The van der Waals surface area contributed by atoms with Gasteiger partial charge >= 0.3 is 6.03 Å². The first kappa shape index (κ1) is 21.9. The second-order valence-electron chi connectivity index (χ2n) is 8.09. The summed E-state index contributed by atoms with van der Waals surface area (Å²) in [6.07, 6.45) is 0. The van der Waals surface area contributed by atoms with Gasteiger partial charge in [-0.25, -0.2) is 4.79 Å².